The molecule has 2 heterocycles. The van der Waals surface area contributed by atoms with Crippen LogP contribution in [0.4, 0.5) is 5.82 Å². The van der Waals surface area contributed by atoms with Crippen molar-refractivity contribution in [1.29, 1.82) is 0 Å². The van der Waals surface area contributed by atoms with Gasteiger partial charge < -0.3 is 5.32 Å². The van der Waals surface area contributed by atoms with Gasteiger partial charge in [0.1, 0.15) is 5.82 Å². The Bertz CT molecular complexity index is 680. The van der Waals surface area contributed by atoms with E-state index in [2.05, 4.69) is 53.4 Å². The normalized spacial score (nSPS) is 19.6. The van der Waals surface area contributed by atoms with Gasteiger partial charge in [0.05, 0.1) is 12.2 Å². The molecule has 1 aliphatic heterocycles. The number of hydrogen-bond donors (Lipinski definition) is 1. The van der Waals surface area contributed by atoms with Crippen LogP contribution < -0.4 is 5.32 Å². The number of amides is 1. The number of aromatic nitrogens is 2. The van der Waals surface area contributed by atoms with E-state index in [1.165, 1.54) is 5.56 Å². The summed E-state index contributed by atoms with van der Waals surface area (Å²) in [7, 11) is 0. The maximum atomic E-state index is 12.6. The van der Waals surface area contributed by atoms with E-state index < -0.39 is 0 Å². The Morgan fingerprint density at radius 2 is 1.96 bits per heavy atom. The molecule has 1 N–H and O–H groups in total. The Morgan fingerprint density at radius 3 is 2.67 bits per heavy atom. The van der Waals surface area contributed by atoms with Gasteiger partial charge in [-0.2, -0.15) is 5.10 Å². The minimum atomic E-state index is -0.144. The Labute approximate surface area is 143 Å². The first-order valence-corrected chi connectivity index (χ1v) is 8.69. The van der Waals surface area contributed by atoms with Gasteiger partial charge in [0.2, 0.25) is 5.91 Å². The van der Waals surface area contributed by atoms with E-state index in [1.807, 2.05) is 23.7 Å². The van der Waals surface area contributed by atoms with Crippen molar-refractivity contribution in [2.45, 2.75) is 45.2 Å². The van der Waals surface area contributed by atoms with Crippen LogP contribution in [0, 0.1) is 0 Å². The van der Waals surface area contributed by atoms with E-state index in [4.69, 9.17) is 0 Å². The van der Waals surface area contributed by atoms with Crippen molar-refractivity contribution in [3.05, 3.63) is 48.2 Å². The Kier molecular flexibility index (Phi) is 5.00. The van der Waals surface area contributed by atoms with Gasteiger partial charge in [-0.05, 0) is 45.2 Å². The van der Waals surface area contributed by atoms with E-state index in [-0.39, 0.29) is 18.0 Å². The van der Waals surface area contributed by atoms with Gasteiger partial charge in [0.25, 0.3) is 0 Å². The highest BCUT2D eigenvalue weighted by atomic mass is 16.2. The first-order chi connectivity index (χ1) is 11.6. The number of nitrogens with zero attached hydrogens (tertiary/aromatic N) is 3. The summed E-state index contributed by atoms with van der Waals surface area (Å²) in [6.45, 7) is 7.98. The molecule has 1 aromatic heterocycles. The number of nitrogens with one attached hydrogen (secondary N) is 1. The van der Waals surface area contributed by atoms with Crippen molar-refractivity contribution in [3.8, 4) is 0 Å². The van der Waals surface area contributed by atoms with E-state index >= 15 is 0 Å². The molecule has 5 nitrogen and oxygen atoms in total. The van der Waals surface area contributed by atoms with Crippen LogP contribution in [0.15, 0.2) is 42.6 Å². The van der Waals surface area contributed by atoms with Crippen LogP contribution in [0.5, 0.6) is 0 Å². The third kappa shape index (κ3) is 3.51. The molecule has 1 aromatic carbocycles. The zero-order valence-corrected chi connectivity index (χ0v) is 14.6. The van der Waals surface area contributed by atoms with Gasteiger partial charge in [-0.3, -0.25) is 9.69 Å². The topological polar surface area (TPSA) is 50.2 Å². The second-order valence-electron chi connectivity index (χ2n) is 6.81. The number of carbonyl (C=O) groups excluding carboxylic acids is 1. The minimum absolute atomic E-state index is 0.0334. The molecular weight excluding hydrogens is 300 g/mol. The van der Waals surface area contributed by atoms with Crippen LogP contribution in [0.3, 0.4) is 0 Å². The van der Waals surface area contributed by atoms with Gasteiger partial charge in [0, 0.05) is 18.7 Å². The van der Waals surface area contributed by atoms with Crippen LogP contribution in [0.25, 0.3) is 0 Å². The molecule has 3 rings (SSSR count). The number of anilines is 1. The van der Waals surface area contributed by atoms with Gasteiger partial charge in [-0.25, -0.2) is 4.68 Å². The molecule has 0 bridgehead atoms. The summed E-state index contributed by atoms with van der Waals surface area (Å²) in [6.07, 6.45) is 2.83. The lowest BCUT2D eigenvalue weighted by molar-refractivity contribution is -0.120. The maximum absolute atomic E-state index is 12.6. The first-order valence-electron chi connectivity index (χ1n) is 8.69. The summed E-state index contributed by atoms with van der Waals surface area (Å²) in [5.74, 6) is 1.31. The molecular formula is C19H26N4O. The molecule has 1 fully saturated rings. The largest absolute Gasteiger partial charge is 0.310 e. The van der Waals surface area contributed by atoms with Crippen LogP contribution in [0.1, 0.15) is 44.7 Å². The molecule has 1 saturated heterocycles. The smallest absolute Gasteiger partial charge is 0.242 e. The number of rotatable bonds is 5. The predicted octanol–water partition coefficient (Wildman–Crippen LogP) is 3.28. The fourth-order valence-corrected chi connectivity index (χ4v) is 3.36. The first kappa shape index (κ1) is 16.7. The van der Waals surface area contributed by atoms with Crippen molar-refractivity contribution in [3.63, 3.8) is 0 Å². The molecule has 5 heteroatoms. The van der Waals surface area contributed by atoms with Crippen LogP contribution in [-0.2, 0) is 4.79 Å². The third-order valence-electron chi connectivity index (χ3n) is 4.83. The third-order valence-corrected chi connectivity index (χ3v) is 4.83. The highest BCUT2D eigenvalue weighted by Gasteiger charge is 2.30. The van der Waals surface area contributed by atoms with Crippen molar-refractivity contribution in [1.82, 2.24) is 14.7 Å². The molecule has 1 aliphatic rings. The Hall–Kier alpha value is -2.14. The van der Waals surface area contributed by atoms with Gasteiger partial charge in [-0.1, -0.05) is 30.3 Å². The monoisotopic (exact) mass is 326 g/mol. The zero-order valence-electron chi connectivity index (χ0n) is 14.6. The average molecular weight is 326 g/mol. The summed E-state index contributed by atoms with van der Waals surface area (Å²) in [5, 5.41) is 7.29. The molecule has 0 aliphatic carbocycles. The predicted molar refractivity (Wildman–Crippen MR) is 96.1 cm³/mol. The van der Waals surface area contributed by atoms with Crippen molar-refractivity contribution < 1.29 is 4.79 Å². The molecule has 128 valence electrons. The SMILES string of the molecule is CC(C(=O)Nc1ccnn1C(C)C)N1CCC(c2ccccc2)C1. The molecule has 24 heavy (non-hydrogen) atoms. The minimum Gasteiger partial charge on any atom is -0.310 e. The summed E-state index contributed by atoms with van der Waals surface area (Å²) in [6, 6.07) is 12.5. The second kappa shape index (κ2) is 7.18. The van der Waals surface area contributed by atoms with Crippen molar-refractivity contribution in [2.24, 2.45) is 0 Å². The molecule has 0 saturated carbocycles. The number of carbonyl (C=O) groups is 1. The number of likely N-dealkylation sites (tertiary alicyclic amines) is 1. The van der Waals surface area contributed by atoms with E-state index in [9.17, 15) is 4.79 Å². The molecule has 0 spiro atoms. The standard InChI is InChI=1S/C19H26N4O/c1-14(2)23-18(9-11-20-23)21-19(24)15(3)22-12-10-17(13-22)16-7-5-4-6-8-16/h4-9,11,14-15,17H,10,12-13H2,1-3H3,(H,21,24). The fourth-order valence-electron chi connectivity index (χ4n) is 3.36. The second-order valence-corrected chi connectivity index (χ2v) is 6.81. The van der Waals surface area contributed by atoms with Gasteiger partial charge >= 0.3 is 0 Å². The zero-order chi connectivity index (χ0) is 17.1. The highest BCUT2D eigenvalue weighted by molar-refractivity contribution is 5.93. The highest BCUT2D eigenvalue weighted by Crippen LogP contribution is 2.28. The van der Waals surface area contributed by atoms with Crippen LogP contribution in [-0.4, -0.2) is 39.7 Å². The average Bonchev–Trinajstić information content (AvgIpc) is 3.24. The maximum Gasteiger partial charge on any atom is 0.242 e. The van der Waals surface area contributed by atoms with Gasteiger partial charge in [-0.15, -0.1) is 0 Å². The fraction of sp³-hybridized carbons (Fsp3) is 0.474. The molecule has 2 unspecified atom stereocenters. The summed E-state index contributed by atoms with van der Waals surface area (Å²) in [4.78, 5) is 14.9. The van der Waals surface area contributed by atoms with Gasteiger partial charge in [0.15, 0.2) is 0 Å². The lowest BCUT2D eigenvalue weighted by atomic mass is 9.99. The van der Waals surface area contributed by atoms with E-state index in [0.717, 1.165) is 25.3 Å². The summed E-state index contributed by atoms with van der Waals surface area (Å²) >= 11 is 0. The van der Waals surface area contributed by atoms with E-state index in [1.54, 1.807) is 6.20 Å². The number of benzene rings is 1. The van der Waals surface area contributed by atoms with Crippen molar-refractivity contribution >= 4 is 11.7 Å². The van der Waals surface area contributed by atoms with Crippen LogP contribution >= 0.6 is 0 Å². The lowest BCUT2D eigenvalue weighted by Crippen LogP contribution is -2.41. The lowest BCUT2D eigenvalue weighted by Gasteiger charge is -2.24. The molecule has 2 atom stereocenters. The molecule has 0 radical (unpaired) electrons. The molecule has 1 amide bonds. The molecule has 2 aromatic rings. The van der Waals surface area contributed by atoms with E-state index in [0.29, 0.717) is 5.92 Å². The Morgan fingerprint density at radius 1 is 1.21 bits per heavy atom. The van der Waals surface area contributed by atoms with Crippen LogP contribution in [0.2, 0.25) is 0 Å². The number of hydrogen-bond acceptors (Lipinski definition) is 3. The van der Waals surface area contributed by atoms with Crippen molar-refractivity contribution in [2.75, 3.05) is 18.4 Å². The quantitative estimate of drug-likeness (QED) is 0.917. The summed E-state index contributed by atoms with van der Waals surface area (Å²) in [5.41, 5.74) is 1.37. The Balaban J connectivity index is 1.61. The summed E-state index contributed by atoms with van der Waals surface area (Å²) < 4.78 is 1.83.